The van der Waals surface area contributed by atoms with Gasteiger partial charge in [0.1, 0.15) is 5.75 Å². The molecule has 1 aliphatic carbocycles. The summed E-state index contributed by atoms with van der Waals surface area (Å²) in [7, 11) is 0. The summed E-state index contributed by atoms with van der Waals surface area (Å²) >= 11 is 1.01. The van der Waals surface area contributed by atoms with Gasteiger partial charge in [0.15, 0.2) is 0 Å². The van der Waals surface area contributed by atoms with Crippen LogP contribution in [0.2, 0.25) is 0 Å². The summed E-state index contributed by atoms with van der Waals surface area (Å²) in [6, 6.07) is 6.57. The number of nitrogens with zero attached hydrogens (tertiary/aromatic N) is 1. The first-order chi connectivity index (χ1) is 11.1. The summed E-state index contributed by atoms with van der Waals surface area (Å²) in [5.41, 5.74) is 0.804. The average Bonchev–Trinajstić information content (AvgIpc) is 2.84. The zero-order chi connectivity index (χ0) is 16.4. The summed E-state index contributed by atoms with van der Waals surface area (Å²) in [5, 5.41) is 9.15. The fraction of sp³-hybridized carbons (Fsp3) is 0.444. The van der Waals surface area contributed by atoms with E-state index in [4.69, 9.17) is 0 Å². The molecule has 1 heterocycles. The smallest absolute Gasteiger partial charge is 0.293 e. The normalized spacial score (nSPS) is 22.8. The third kappa shape index (κ3) is 3.44. The van der Waals surface area contributed by atoms with Gasteiger partial charge in [0.25, 0.3) is 11.1 Å². The second-order valence-corrected chi connectivity index (χ2v) is 7.28. The minimum absolute atomic E-state index is 0.0338. The third-order valence-corrected chi connectivity index (χ3v) is 5.64. The second-order valence-electron chi connectivity index (χ2n) is 6.28. The van der Waals surface area contributed by atoms with Gasteiger partial charge in [-0.2, -0.15) is 0 Å². The minimum Gasteiger partial charge on any atom is -0.508 e. The Bertz CT molecular complexity index is 632. The van der Waals surface area contributed by atoms with Gasteiger partial charge in [-0.1, -0.05) is 31.4 Å². The molecule has 1 atom stereocenters. The molecule has 4 nitrogen and oxygen atoms in total. The number of thioether (sulfide) groups is 1. The van der Waals surface area contributed by atoms with Crippen molar-refractivity contribution < 1.29 is 14.7 Å². The largest absolute Gasteiger partial charge is 0.508 e. The maximum Gasteiger partial charge on any atom is 0.293 e. The number of aromatic hydroxyl groups is 1. The maximum atomic E-state index is 12.6. The number of phenolic OH excluding ortho intramolecular Hbond substituents is 1. The fourth-order valence-corrected chi connectivity index (χ4v) is 4.30. The molecule has 1 N–H and O–H groups in total. The van der Waals surface area contributed by atoms with Crippen LogP contribution in [-0.2, 0) is 4.79 Å². The monoisotopic (exact) mass is 331 g/mol. The highest BCUT2D eigenvalue weighted by Gasteiger charge is 2.40. The minimum atomic E-state index is -0.189. The zero-order valence-corrected chi connectivity index (χ0v) is 14.0. The lowest BCUT2D eigenvalue weighted by atomic mass is 9.84. The number of hydrogen-bond donors (Lipinski definition) is 1. The van der Waals surface area contributed by atoms with E-state index in [0.717, 1.165) is 30.2 Å². The molecule has 1 aromatic carbocycles. The first-order valence-electron chi connectivity index (χ1n) is 8.12. The lowest BCUT2D eigenvalue weighted by molar-refractivity contribution is -0.125. The van der Waals surface area contributed by atoms with Crippen LogP contribution < -0.4 is 0 Å². The molecule has 0 aromatic heterocycles. The predicted octanol–water partition coefficient (Wildman–Crippen LogP) is 4.40. The number of hydrogen-bond acceptors (Lipinski definition) is 4. The topological polar surface area (TPSA) is 57.6 Å². The molecular weight excluding hydrogens is 310 g/mol. The Morgan fingerprint density at radius 3 is 2.48 bits per heavy atom. The van der Waals surface area contributed by atoms with Crippen LogP contribution >= 0.6 is 11.8 Å². The fourth-order valence-electron chi connectivity index (χ4n) is 3.38. The molecular formula is C18H21NO3S. The first-order valence-corrected chi connectivity index (χ1v) is 8.94. The standard InChI is InChI=1S/C18H21NO3S/c1-12(14-5-3-2-4-6-14)19-17(21)16(23-18(19)22)11-13-7-9-15(20)10-8-13/h7-12,14,20H,2-6H2,1H3/b16-11-. The SMILES string of the molecule is CC(C1CCCCC1)N1C(=O)S/C(=C\c2ccc(O)cc2)C1=O. The predicted molar refractivity (Wildman–Crippen MR) is 92.0 cm³/mol. The lowest BCUT2D eigenvalue weighted by Gasteiger charge is -2.32. The third-order valence-electron chi connectivity index (χ3n) is 4.75. The molecule has 1 aromatic rings. The molecule has 2 aliphatic rings. The Morgan fingerprint density at radius 2 is 1.83 bits per heavy atom. The molecule has 2 amide bonds. The van der Waals surface area contributed by atoms with Crippen LogP contribution in [0.15, 0.2) is 29.2 Å². The average molecular weight is 331 g/mol. The molecule has 1 saturated carbocycles. The molecule has 1 unspecified atom stereocenters. The summed E-state index contributed by atoms with van der Waals surface area (Å²) in [5.74, 6) is 0.414. The Morgan fingerprint density at radius 1 is 1.17 bits per heavy atom. The zero-order valence-electron chi connectivity index (χ0n) is 13.2. The molecule has 0 radical (unpaired) electrons. The van der Waals surface area contributed by atoms with Gasteiger partial charge in [-0.25, -0.2) is 0 Å². The van der Waals surface area contributed by atoms with Crippen LogP contribution in [0.5, 0.6) is 5.75 Å². The van der Waals surface area contributed by atoms with Crippen LogP contribution in [0.25, 0.3) is 6.08 Å². The van der Waals surface area contributed by atoms with Crippen molar-refractivity contribution in [2.24, 2.45) is 5.92 Å². The Labute approximate surface area is 140 Å². The van der Waals surface area contributed by atoms with Crippen LogP contribution in [0, 0.1) is 5.92 Å². The van der Waals surface area contributed by atoms with Gasteiger partial charge in [0, 0.05) is 6.04 Å². The van der Waals surface area contributed by atoms with Crippen LogP contribution in [-0.4, -0.2) is 27.2 Å². The molecule has 122 valence electrons. The van der Waals surface area contributed by atoms with Gasteiger partial charge < -0.3 is 5.11 Å². The highest BCUT2D eigenvalue weighted by atomic mass is 32.2. The Balaban J connectivity index is 1.77. The van der Waals surface area contributed by atoms with E-state index in [2.05, 4.69) is 0 Å². The quantitative estimate of drug-likeness (QED) is 0.834. The molecule has 5 heteroatoms. The highest BCUT2D eigenvalue weighted by molar-refractivity contribution is 8.18. The number of rotatable bonds is 3. The van der Waals surface area contributed by atoms with Gasteiger partial charge in [-0.05, 0) is 61.2 Å². The van der Waals surface area contributed by atoms with Crippen molar-refractivity contribution in [1.29, 1.82) is 0 Å². The van der Waals surface area contributed by atoms with E-state index in [-0.39, 0.29) is 22.9 Å². The van der Waals surface area contributed by atoms with Crippen molar-refractivity contribution in [1.82, 2.24) is 4.90 Å². The van der Waals surface area contributed by atoms with Gasteiger partial charge in [-0.3, -0.25) is 14.5 Å². The Kier molecular flexibility index (Phi) is 4.76. The number of amides is 2. The molecule has 0 spiro atoms. The molecule has 3 rings (SSSR count). The molecule has 1 saturated heterocycles. The van der Waals surface area contributed by atoms with E-state index in [9.17, 15) is 14.7 Å². The van der Waals surface area contributed by atoms with Crippen LogP contribution in [0.4, 0.5) is 4.79 Å². The number of phenols is 1. The van der Waals surface area contributed by atoms with Crippen molar-refractivity contribution >= 4 is 29.0 Å². The van der Waals surface area contributed by atoms with Gasteiger partial charge >= 0.3 is 0 Å². The lowest BCUT2D eigenvalue weighted by Crippen LogP contribution is -2.42. The number of carbonyl (C=O) groups excluding carboxylic acids is 2. The summed E-state index contributed by atoms with van der Waals surface area (Å²) in [6.45, 7) is 2.00. The molecule has 1 aliphatic heterocycles. The van der Waals surface area contributed by atoms with Crippen molar-refractivity contribution in [3.05, 3.63) is 34.7 Å². The second kappa shape index (κ2) is 6.79. The van der Waals surface area contributed by atoms with Gasteiger partial charge in [-0.15, -0.1) is 0 Å². The van der Waals surface area contributed by atoms with E-state index in [0.29, 0.717) is 10.8 Å². The van der Waals surface area contributed by atoms with Gasteiger partial charge in [0.05, 0.1) is 4.91 Å². The van der Waals surface area contributed by atoms with Crippen LogP contribution in [0.1, 0.15) is 44.6 Å². The van der Waals surface area contributed by atoms with E-state index < -0.39 is 0 Å². The van der Waals surface area contributed by atoms with E-state index in [1.165, 1.54) is 24.2 Å². The highest BCUT2D eigenvalue weighted by Crippen LogP contribution is 2.38. The maximum absolute atomic E-state index is 12.6. The number of benzene rings is 1. The van der Waals surface area contributed by atoms with Gasteiger partial charge in [0.2, 0.25) is 0 Å². The van der Waals surface area contributed by atoms with Crippen LogP contribution in [0.3, 0.4) is 0 Å². The van der Waals surface area contributed by atoms with E-state index in [1.54, 1.807) is 30.3 Å². The number of imide groups is 1. The van der Waals surface area contributed by atoms with Crippen molar-refractivity contribution in [2.45, 2.75) is 45.1 Å². The summed E-state index contributed by atoms with van der Waals surface area (Å²) < 4.78 is 0. The van der Waals surface area contributed by atoms with E-state index >= 15 is 0 Å². The molecule has 23 heavy (non-hydrogen) atoms. The van der Waals surface area contributed by atoms with Crippen molar-refractivity contribution in [3.8, 4) is 5.75 Å². The number of carbonyl (C=O) groups is 2. The van der Waals surface area contributed by atoms with E-state index in [1.807, 2.05) is 6.92 Å². The van der Waals surface area contributed by atoms with Crippen molar-refractivity contribution in [2.75, 3.05) is 0 Å². The summed E-state index contributed by atoms with van der Waals surface area (Å²) in [6.07, 6.45) is 7.55. The molecule has 2 fully saturated rings. The molecule has 0 bridgehead atoms. The Hall–Kier alpha value is -1.75. The summed E-state index contributed by atoms with van der Waals surface area (Å²) in [4.78, 5) is 26.8. The van der Waals surface area contributed by atoms with Crippen molar-refractivity contribution in [3.63, 3.8) is 0 Å². The first kappa shape index (κ1) is 16.1.